The van der Waals surface area contributed by atoms with E-state index in [1.54, 1.807) is 6.92 Å². The van der Waals surface area contributed by atoms with Gasteiger partial charge in [0.2, 0.25) is 0 Å². The Morgan fingerprint density at radius 2 is 2.33 bits per heavy atom. The van der Waals surface area contributed by atoms with Gasteiger partial charge in [-0.25, -0.2) is 0 Å². The Morgan fingerprint density at radius 1 is 1.60 bits per heavy atom. The molecule has 0 aliphatic carbocycles. The number of ketones is 1. The maximum atomic E-state index is 11.4. The molecule has 0 aliphatic rings. The van der Waals surface area contributed by atoms with Crippen LogP contribution in [0.3, 0.4) is 0 Å². The lowest BCUT2D eigenvalue weighted by molar-refractivity contribution is 0.0904. The summed E-state index contributed by atoms with van der Waals surface area (Å²) in [7, 11) is 0. The number of nitrogens with zero attached hydrogens (tertiary/aromatic N) is 4. The molecule has 0 saturated heterocycles. The van der Waals surface area contributed by atoms with E-state index in [-0.39, 0.29) is 10.7 Å². The van der Waals surface area contributed by atoms with Gasteiger partial charge in [0.05, 0.1) is 5.56 Å². The Balaban J connectivity index is 2.78. The molecule has 0 unspecified atom stereocenters. The molecule has 0 radical (unpaired) electrons. The predicted molar refractivity (Wildman–Crippen MR) is 51.9 cm³/mol. The number of carbonyl (C=O) groups is 1. The summed E-state index contributed by atoms with van der Waals surface area (Å²) >= 11 is 5.73. The molecule has 0 amide bonds. The number of aliphatic hydroxyl groups is 1. The standard InChI is InChI=1S/C8H7ClN4O2/c1-4-10-11-8-5(6(15)3-14)2-7(9)12-13(4)8/h2,14H,3H2,1H3. The summed E-state index contributed by atoms with van der Waals surface area (Å²) in [4.78, 5) is 11.4. The Morgan fingerprint density at radius 3 is 3.00 bits per heavy atom. The van der Waals surface area contributed by atoms with Crippen LogP contribution in [0.15, 0.2) is 6.07 Å². The van der Waals surface area contributed by atoms with Crippen molar-refractivity contribution in [3.63, 3.8) is 0 Å². The Labute approximate surface area is 89.5 Å². The van der Waals surface area contributed by atoms with E-state index in [4.69, 9.17) is 16.7 Å². The van der Waals surface area contributed by atoms with Crippen molar-refractivity contribution in [1.82, 2.24) is 19.8 Å². The van der Waals surface area contributed by atoms with Gasteiger partial charge in [-0.05, 0) is 13.0 Å². The van der Waals surface area contributed by atoms with Crippen LogP contribution in [0.25, 0.3) is 5.65 Å². The maximum Gasteiger partial charge on any atom is 0.192 e. The second-order valence-corrected chi connectivity index (χ2v) is 3.33. The summed E-state index contributed by atoms with van der Waals surface area (Å²) in [6.45, 7) is 1.10. The minimum absolute atomic E-state index is 0.155. The fraction of sp³-hybridized carbons (Fsp3) is 0.250. The Kier molecular flexibility index (Phi) is 2.37. The first kappa shape index (κ1) is 10.0. The Bertz CT molecular complexity index is 537. The van der Waals surface area contributed by atoms with Crippen LogP contribution in [0.1, 0.15) is 16.2 Å². The molecule has 2 aromatic rings. The molecule has 0 atom stereocenters. The zero-order valence-electron chi connectivity index (χ0n) is 7.81. The van der Waals surface area contributed by atoms with Crippen molar-refractivity contribution in [2.24, 2.45) is 0 Å². The molecule has 15 heavy (non-hydrogen) atoms. The zero-order valence-corrected chi connectivity index (χ0v) is 8.56. The molecule has 0 bridgehead atoms. The van der Waals surface area contributed by atoms with E-state index < -0.39 is 12.4 Å². The van der Waals surface area contributed by atoms with E-state index in [2.05, 4.69) is 15.3 Å². The van der Waals surface area contributed by atoms with Crippen LogP contribution >= 0.6 is 11.6 Å². The lowest BCUT2D eigenvalue weighted by atomic mass is 10.2. The first-order valence-electron chi connectivity index (χ1n) is 4.16. The summed E-state index contributed by atoms with van der Waals surface area (Å²) in [5.74, 6) is 0.0659. The maximum absolute atomic E-state index is 11.4. The van der Waals surface area contributed by atoms with Crippen LogP contribution in [0.5, 0.6) is 0 Å². The van der Waals surface area contributed by atoms with Gasteiger partial charge in [0, 0.05) is 0 Å². The third kappa shape index (κ3) is 1.57. The van der Waals surface area contributed by atoms with Crippen molar-refractivity contribution < 1.29 is 9.90 Å². The van der Waals surface area contributed by atoms with Gasteiger partial charge in [0.25, 0.3) is 0 Å². The van der Waals surface area contributed by atoms with Crippen molar-refractivity contribution in [2.45, 2.75) is 6.92 Å². The SMILES string of the molecule is Cc1nnc2c(C(=O)CO)cc(Cl)nn12. The van der Waals surface area contributed by atoms with Gasteiger partial charge in [0.15, 0.2) is 22.4 Å². The van der Waals surface area contributed by atoms with Crippen LogP contribution in [-0.4, -0.2) is 37.3 Å². The van der Waals surface area contributed by atoms with E-state index in [1.165, 1.54) is 10.6 Å². The molecular weight excluding hydrogens is 220 g/mol. The number of fused-ring (bicyclic) bond motifs is 1. The number of carbonyl (C=O) groups excluding carboxylic acids is 1. The summed E-state index contributed by atoms with van der Waals surface area (Å²) in [5, 5.41) is 20.4. The number of rotatable bonds is 2. The molecular formula is C8H7ClN4O2. The first-order chi connectivity index (χ1) is 7.13. The molecule has 78 valence electrons. The van der Waals surface area contributed by atoms with E-state index in [0.29, 0.717) is 11.5 Å². The average Bonchev–Trinajstić information content (AvgIpc) is 2.58. The van der Waals surface area contributed by atoms with E-state index in [1.807, 2.05) is 0 Å². The molecule has 6 nitrogen and oxygen atoms in total. The lowest BCUT2D eigenvalue weighted by Crippen LogP contribution is -2.08. The number of aromatic nitrogens is 4. The quantitative estimate of drug-likeness (QED) is 0.743. The number of hydrogen-bond acceptors (Lipinski definition) is 5. The van der Waals surface area contributed by atoms with Gasteiger partial charge in [0.1, 0.15) is 6.61 Å². The monoisotopic (exact) mass is 226 g/mol. The van der Waals surface area contributed by atoms with Crippen LogP contribution in [0, 0.1) is 6.92 Å². The summed E-state index contributed by atoms with van der Waals surface area (Å²) in [6, 6.07) is 1.36. The van der Waals surface area contributed by atoms with E-state index in [9.17, 15) is 4.79 Å². The molecule has 2 aromatic heterocycles. The smallest absolute Gasteiger partial charge is 0.192 e. The largest absolute Gasteiger partial charge is 0.388 e. The predicted octanol–water partition coefficient (Wildman–Crippen LogP) is 0.261. The second kappa shape index (κ2) is 3.56. The molecule has 1 N–H and O–H groups in total. The number of halogens is 1. The highest BCUT2D eigenvalue weighted by atomic mass is 35.5. The van der Waals surface area contributed by atoms with Gasteiger partial charge in [-0.3, -0.25) is 4.79 Å². The Hall–Kier alpha value is -1.53. The molecule has 2 rings (SSSR count). The van der Waals surface area contributed by atoms with Crippen molar-refractivity contribution in [3.05, 3.63) is 22.6 Å². The molecule has 2 heterocycles. The fourth-order valence-corrected chi connectivity index (χ4v) is 1.43. The van der Waals surface area contributed by atoms with Crippen LogP contribution in [0.2, 0.25) is 5.15 Å². The fourth-order valence-electron chi connectivity index (χ4n) is 1.24. The highest BCUT2D eigenvalue weighted by Gasteiger charge is 2.15. The molecule has 0 saturated carbocycles. The van der Waals surface area contributed by atoms with Crippen LogP contribution in [-0.2, 0) is 0 Å². The van der Waals surface area contributed by atoms with Crippen molar-refractivity contribution in [1.29, 1.82) is 0 Å². The topological polar surface area (TPSA) is 80.4 Å². The number of aryl methyl sites for hydroxylation is 1. The van der Waals surface area contributed by atoms with Gasteiger partial charge in [-0.2, -0.15) is 9.61 Å². The first-order valence-corrected chi connectivity index (χ1v) is 4.54. The van der Waals surface area contributed by atoms with E-state index in [0.717, 1.165) is 0 Å². The molecule has 0 aliphatic heterocycles. The summed E-state index contributed by atoms with van der Waals surface area (Å²) < 4.78 is 1.37. The van der Waals surface area contributed by atoms with Gasteiger partial charge >= 0.3 is 0 Å². The minimum Gasteiger partial charge on any atom is -0.388 e. The average molecular weight is 227 g/mol. The summed E-state index contributed by atoms with van der Waals surface area (Å²) in [6.07, 6.45) is 0. The van der Waals surface area contributed by atoms with Crippen molar-refractivity contribution in [2.75, 3.05) is 6.61 Å². The van der Waals surface area contributed by atoms with Crippen LogP contribution < -0.4 is 0 Å². The zero-order chi connectivity index (χ0) is 11.0. The van der Waals surface area contributed by atoms with E-state index >= 15 is 0 Å². The third-order valence-corrected chi connectivity index (χ3v) is 2.13. The molecule has 0 aromatic carbocycles. The second-order valence-electron chi connectivity index (χ2n) is 2.94. The highest BCUT2D eigenvalue weighted by Crippen LogP contribution is 2.14. The molecule has 0 fully saturated rings. The molecule has 0 spiro atoms. The third-order valence-electron chi connectivity index (χ3n) is 1.94. The number of Topliss-reactive ketones (excluding diaryl/α,β-unsaturated/α-hetero) is 1. The molecule has 7 heteroatoms. The van der Waals surface area contributed by atoms with Gasteiger partial charge in [-0.15, -0.1) is 10.2 Å². The van der Waals surface area contributed by atoms with Crippen molar-refractivity contribution in [3.8, 4) is 0 Å². The number of aliphatic hydroxyl groups excluding tert-OH is 1. The van der Waals surface area contributed by atoms with Gasteiger partial charge < -0.3 is 5.11 Å². The minimum atomic E-state index is -0.595. The lowest BCUT2D eigenvalue weighted by Gasteiger charge is -2.00. The van der Waals surface area contributed by atoms with Crippen molar-refractivity contribution >= 4 is 23.0 Å². The van der Waals surface area contributed by atoms with Gasteiger partial charge in [-0.1, -0.05) is 11.6 Å². The van der Waals surface area contributed by atoms with Crippen LogP contribution in [0.4, 0.5) is 0 Å². The number of hydrogen-bond donors (Lipinski definition) is 1. The normalized spacial score (nSPS) is 10.9. The highest BCUT2D eigenvalue weighted by molar-refractivity contribution is 6.29. The summed E-state index contributed by atoms with van der Waals surface area (Å²) in [5.41, 5.74) is 0.522.